The van der Waals surface area contributed by atoms with Crippen LogP contribution in [0, 0.1) is 0 Å². The topological polar surface area (TPSA) is 51.2 Å². The Morgan fingerprint density at radius 1 is 1.35 bits per heavy atom. The van der Waals surface area contributed by atoms with Gasteiger partial charge >= 0.3 is 0 Å². The van der Waals surface area contributed by atoms with Gasteiger partial charge in [-0.2, -0.15) is 0 Å². The molecule has 0 unspecified atom stereocenters. The molecular weight excluding hydrogens is 340 g/mol. The molecule has 1 amide bonds. The summed E-state index contributed by atoms with van der Waals surface area (Å²) in [6.45, 7) is 3.58. The Morgan fingerprint density at radius 3 is 2.55 bits per heavy atom. The summed E-state index contributed by atoms with van der Waals surface area (Å²) in [5.41, 5.74) is 1.82. The van der Waals surface area contributed by atoms with Crippen molar-refractivity contribution >= 4 is 38.3 Å². The quantitative estimate of drug-likeness (QED) is 0.846. The number of hydrogen-bond donors (Lipinski definition) is 1. The third-order valence-corrected chi connectivity index (χ3v) is 3.77. The molecule has 0 saturated carbocycles. The molecule has 0 spiro atoms. The van der Waals surface area contributed by atoms with Crippen molar-refractivity contribution in [1.29, 1.82) is 0 Å². The van der Waals surface area contributed by atoms with Crippen LogP contribution < -0.4 is 10.1 Å². The van der Waals surface area contributed by atoms with E-state index in [4.69, 9.17) is 4.74 Å². The zero-order valence-corrected chi connectivity index (χ0v) is 13.8. The number of nitrogens with zero attached hydrogens (tertiary/aromatic N) is 1. The number of thiazole rings is 1. The molecule has 2 aromatic rings. The van der Waals surface area contributed by atoms with Crippen molar-refractivity contribution in [3.05, 3.63) is 29.6 Å². The van der Waals surface area contributed by atoms with Gasteiger partial charge < -0.3 is 10.1 Å². The van der Waals surface area contributed by atoms with Gasteiger partial charge in [-0.05, 0) is 38.1 Å². The molecule has 1 aromatic carbocycles. The van der Waals surface area contributed by atoms with Crippen molar-refractivity contribution in [2.24, 2.45) is 0 Å². The summed E-state index contributed by atoms with van der Waals surface area (Å²) in [6, 6.07) is 7.64. The second-order valence-electron chi connectivity index (χ2n) is 4.69. The molecule has 1 heterocycles. The van der Waals surface area contributed by atoms with Gasteiger partial charge in [0.1, 0.15) is 5.75 Å². The van der Waals surface area contributed by atoms with Gasteiger partial charge in [-0.1, -0.05) is 15.9 Å². The summed E-state index contributed by atoms with van der Waals surface area (Å²) in [6.07, 6.45) is 0. The molecule has 1 N–H and O–H groups in total. The largest absolute Gasteiger partial charge is 0.497 e. The van der Waals surface area contributed by atoms with E-state index >= 15 is 0 Å². The monoisotopic (exact) mass is 354 g/mol. The van der Waals surface area contributed by atoms with Gasteiger partial charge in [-0.3, -0.25) is 4.79 Å². The number of benzene rings is 1. The molecule has 0 aliphatic carbocycles. The molecular formula is C14H15BrN2O2S. The molecule has 0 aliphatic rings. The van der Waals surface area contributed by atoms with Gasteiger partial charge in [-0.25, -0.2) is 4.98 Å². The Hall–Kier alpha value is -1.40. The van der Waals surface area contributed by atoms with E-state index in [9.17, 15) is 4.79 Å². The maximum Gasteiger partial charge on any atom is 0.242 e. The van der Waals surface area contributed by atoms with Gasteiger partial charge in [0.15, 0.2) is 5.13 Å². The lowest BCUT2D eigenvalue weighted by Gasteiger charge is -2.13. The van der Waals surface area contributed by atoms with Crippen LogP contribution in [0.4, 0.5) is 5.13 Å². The first kappa shape index (κ1) is 15.0. The number of carbonyl (C=O) groups excluding carboxylic acids is 1. The number of hydrogen-bond acceptors (Lipinski definition) is 4. The maximum atomic E-state index is 11.9. The molecule has 0 aliphatic heterocycles. The van der Waals surface area contributed by atoms with Crippen molar-refractivity contribution in [2.45, 2.75) is 18.2 Å². The molecule has 6 heteroatoms. The van der Waals surface area contributed by atoms with Crippen molar-refractivity contribution < 1.29 is 9.53 Å². The zero-order valence-electron chi connectivity index (χ0n) is 11.4. The molecule has 4 nitrogen and oxygen atoms in total. The Balaban J connectivity index is 2.14. The standard InChI is InChI=1S/C14H15BrN2O2S/c1-14(2,15)12(18)17-13-16-11(8-20-13)9-4-6-10(19-3)7-5-9/h4-8H,1-3H3,(H,16,17,18). The van der Waals surface area contributed by atoms with Crippen LogP contribution in [-0.4, -0.2) is 22.3 Å². The van der Waals surface area contributed by atoms with Gasteiger partial charge in [0, 0.05) is 10.9 Å². The van der Waals surface area contributed by atoms with E-state index in [0.29, 0.717) is 5.13 Å². The van der Waals surface area contributed by atoms with Crippen molar-refractivity contribution in [3.63, 3.8) is 0 Å². The highest BCUT2D eigenvalue weighted by molar-refractivity contribution is 9.10. The van der Waals surface area contributed by atoms with Crippen LogP contribution in [-0.2, 0) is 4.79 Å². The Morgan fingerprint density at radius 2 is 2.00 bits per heavy atom. The van der Waals surface area contributed by atoms with Crippen LogP contribution >= 0.6 is 27.3 Å². The fraction of sp³-hybridized carbons (Fsp3) is 0.286. The Bertz CT molecular complexity index is 602. The predicted octanol–water partition coefficient (Wildman–Crippen LogP) is 3.93. The smallest absolute Gasteiger partial charge is 0.242 e. The highest BCUT2D eigenvalue weighted by Gasteiger charge is 2.24. The number of alkyl halides is 1. The first-order chi connectivity index (χ1) is 9.40. The second-order valence-corrected chi connectivity index (χ2v) is 7.53. The van der Waals surface area contributed by atoms with Crippen molar-refractivity contribution in [2.75, 3.05) is 12.4 Å². The van der Waals surface area contributed by atoms with Crippen LogP contribution in [0.2, 0.25) is 0 Å². The highest BCUT2D eigenvalue weighted by atomic mass is 79.9. The summed E-state index contributed by atoms with van der Waals surface area (Å²) in [5.74, 6) is 0.687. The minimum Gasteiger partial charge on any atom is -0.497 e. The minimum atomic E-state index is -0.612. The second kappa shape index (κ2) is 5.93. The number of nitrogens with one attached hydrogen (secondary N) is 1. The van der Waals surface area contributed by atoms with E-state index in [1.54, 1.807) is 21.0 Å². The number of anilines is 1. The molecule has 0 bridgehead atoms. The molecule has 0 saturated heterocycles. The zero-order chi connectivity index (χ0) is 14.8. The molecule has 1 aromatic heterocycles. The number of ether oxygens (including phenoxy) is 1. The predicted molar refractivity (Wildman–Crippen MR) is 85.7 cm³/mol. The number of carbonyl (C=O) groups is 1. The molecule has 20 heavy (non-hydrogen) atoms. The van der Waals surface area contributed by atoms with E-state index in [-0.39, 0.29) is 5.91 Å². The average molecular weight is 355 g/mol. The lowest BCUT2D eigenvalue weighted by Crippen LogP contribution is -2.30. The number of amides is 1. The van der Waals surface area contributed by atoms with Crippen molar-refractivity contribution in [1.82, 2.24) is 4.98 Å². The molecule has 0 atom stereocenters. The third-order valence-electron chi connectivity index (χ3n) is 2.65. The summed E-state index contributed by atoms with van der Waals surface area (Å²) in [4.78, 5) is 16.3. The third kappa shape index (κ3) is 3.58. The van der Waals surface area contributed by atoms with E-state index in [1.807, 2.05) is 29.6 Å². The van der Waals surface area contributed by atoms with Crippen LogP contribution in [0.5, 0.6) is 5.75 Å². The number of methoxy groups -OCH3 is 1. The van der Waals surface area contributed by atoms with Gasteiger partial charge in [0.2, 0.25) is 5.91 Å². The first-order valence-electron chi connectivity index (χ1n) is 6.00. The Kier molecular flexibility index (Phi) is 4.45. The molecule has 106 valence electrons. The summed E-state index contributed by atoms with van der Waals surface area (Å²) < 4.78 is 4.51. The van der Waals surface area contributed by atoms with E-state index in [0.717, 1.165) is 17.0 Å². The molecule has 0 radical (unpaired) electrons. The van der Waals surface area contributed by atoms with E-state index in [1.165, 1.54) is 11.3 Å². The van der Waals surface area contributed by atoms with Crippen LogP contribution in [0.25, 0.3) is 11.3 Å². The van der Waals surface area contributed by atoms with Crippen molar-refractivity contribution in [3.8, 4) is 17.0 Å². The Labute approximate surface area is 130 Å². The van der Waals surface area contributed by atoms with Crippen LogP contribution in [0.15, 0.2) is 29.6 Å². The summed E-state index contributed by atoms with van der Waals surface area (Å²) >= 11 is 4.72. The first-order valence-corrected chi connectivity index (χ1v) is 7.68. The van der Waals surface area contributed by atoms with Gasteiger partial charge in [0.05, 0.1) is 17.1 Å². The minimum absolute atomic E-state index is 0.117. The lowest BCUT2D eigenvalue weighted by molar-refractivity contribution is -0.117. The summed E-state index contributed by atoms with van der Waals surface area (Å²) in [5, 5.41) is 5.30. The number of aromatic nitrogens is 1. The molecule has 0 fully saturated rings. The number of halogens is 1. The van der Waals surface area contributed by atoms with E-state index in [2.05, 4.69) is 26.2 Å². The highest BCUT2D eigenvalue weighted by Crippen LogP contribution is 2.27. The number of rotatable bonds is 4. The van der Waals surface area contributed by atoms with Crippen LogP contribution in [0.1, 0.15) is 13.8 Å². The van der Waals surface area contributed by atoms with Gasteiger partial charge in [-0.15, -0.1) is 11.3 Å². The maximum absolute atomic E-state index is 11.9. The van der Waals surface area contributed by atoms with Gasteiger partial charge in [0.25, 0.3) is 0 Å². The lowest BCUT2D eigenvalue weighted by atomic mass is 10.2. The fourth-order valence-corrected chi connectivity index (χ4v) is 2.29. The fourth-order valence-electron chi connectivity index (χ4n) is 1.47. The normalized spacial score (nSPS) is 11.2. The van der Waals surface area contributed by atoms with E-state index < -0.39 is 4.32 Å². The van der Waals surface area contributed by atoms with Crippen LogP contribution in [0.3, 0.4) is 0 Å². The SMILES string of the molecule is COc1ccc(-c2csc(NC(=O)C(C)(C)Br)n2)cc1. The summed E-state index contributed by atoms with van der Waals surface area (Å²) in [7, 11) is 1.63. The average Bonchev–Trinajstić information content (AvgIpc) is 2.86. The molecule has 2 rings (SSSR count).